The summed E-state index contributed by atoms with van der Waals surface area (Å²) in [4.78, 5) is 49.9. The first-order chi connectivity index (χ1) is 20.8. The molecule has 3 amide bonds. The number of carbonyl (C=O) groups excluding carboxylic acids is 3. The molecule has 1 atom stereocenters. The lowest BCUT2D eigenvalue weighted by atomic mass is 10.0. The van der Waals surface area contributed by atoms with Crippen LogP contribution in [-0.2, 0) is 4.79 Å². The lowest BCUT2D eigenvalue weighted by Gasteiger charge is -2.32. The van der Waals surface area contributed by atoms with E-state index in [0.717, 1.165) is 50.8 Å². The fraction of sp³-hybridized carbons (Fsp3) is 0.400. The Hall–Kier alpha value is -4.94. The Labute approximate surface area is 250 Å². The summed E-state index contributed by atoms with van der Waals surface area (Å²) in [5.74, 6) is 0.00134. The number of anilines is 4. The van der Waals surface area contributed by atoms with Crippen molar-refractivity contribution in [2.45, 2.75) is 45.1 Å². The van der Waals surface area contributed by atoms with Gasteiger partial charge < -0.3 is 30.9 Å². The number of rotatable bonds is 9. The van der Waals surface area contributed by atoms with E-state index in [9.17, 15) is 14.4 Å². The number of nitrogens with one attached hydrogen (secondary N) is 2. The number of methoxy groups -OCH3 is 1. The number of primary amides is 1. The molecule has 2 aliphatic heterocycles. The molecule has 3 aromatic rings. The first-order valence-corrected chi connectivity index (χ1v) is 14.4. The van der Waals surface area contributed by atoms with E-state index in [4.69, 9.17) is 10.5 Å². The van der Waals surface area contributed by atoms with Crippen LogP contribution in [-0.4, -0.2) is 80.6 Å². The standard InChI is InChI=1S/C30H37N9O4/c1-4-25(40)38-12-8-9-22(18-38)39-17-21(15-33-39)34-30-32-16-23(27(31)41)28(36-30)35-26-19(2)13-20(14-24(26)43-3)29(42)37-10-6-5-7-11-37/h4,13-17,22H,1,5-12,18H2,2-3H3,(H2,31,41)(H2,32,34,35,36)/t22-/m0/s1. The molecule has 0 bridgehead atoms. The van der Waals surface area contributed by atoms with Crippen LogP contribution >= 0.6 is 0 Å². The first kappa shape index (κ1) is 29.5. The van der Waals surface area contributed by atoms with Crippen molar-refractivity contribution in [1.82, 2.24) is 29.5 Å². The van der Waals surface area contributed by atoms with Crippen LogP contribution in [0.3, 0.4) is 0 Å². The minimum atomic E-state index is -0.702. The van der Waals surface area contributed by atoms with Crippen LogP contribution < -0.4 is 21.1 Å². The summed E-state index contributed by atoms with van der Waals surface area (Å²) >= 11 is 0. The molecule has 2 aromatic heterocycles. The minimum absolute atomic E-state index is 0.0313. The number of amides is 3. The average molecular weight is 588 g/mol. The molecule has 0 saturated carbocycles. The number of piperidine rings is 2. The number of benzene rings is 1. The summed E-state index contributed by atoms with van der Waals surface area (Å²) in [5.41, 5.74) is 8.20. The van der Waals surface area contributed by atoms with Crippen molar-refractivity contribution in [3.05, 3.63) is 60.1 Å². The van der Waals surface area contributed by atoms with Crippen molar-refractivity contribution in [3.8, 4) is 5.75 Å². The molecule has 2 fully saturated rings. The van der Waals surface area contributed by atoms with E-state index in [0.29, 0.717) is 35.8 Å². The number of hydrogen-bond donors (Lipinski definition) is 3. The predicted molar refractivity (Wildman–Crippen MR) is 162 cm³/mol. The van der Waals surface area contributed by atoms with Gasteiger partial charge in [-0.1, -0.05) is 6.58 Å². The van der Waals surface area contributed by atoms with Gasteiger partial charge in [0.05, 0.1) is 30.7 Å². The van der Waals surface area contributed by atoms with Crippen molar-refractivity contribution in [1.29, 1.82) is 0 Å². The van der Waals surface area contributed by atoms with Gasteiger partial charge in [-0.2, -0.15) is 10.1 Å². The molecule has 4 heterocycles. The summed E-state index contributed by atoms with van der Waals surface area (Å²) in [5, 5.41) is 10.8. The van der Waals surface area contributed by atoms with Crippen LogP contribution in [0.1, 0.15) is 64.4 Å². The van der Waals surface area contributed by atoms with Crippen molar-refractivity contribution in [2.24, 2.45) is 5.73 Å². The highest BCUT2D eigenvalue weighted by Crippen LogP contribution is 2.34. The van der Waals surface area contributed by atoms with Gasteiger partial charge in [-0.05, 0) is 62.8 Å². The third-order valence-electron chi connectivity index (χ3n) is 7.82. The van der Waals surface area contributed by atoms with Crippen molar-refractivity contribution >= 4 is 40.9 Å². The van der Waals surface area contributed by atoms with Crippen molar-refractivity contribution < 1.29 is 19.1 Å². The van der Waals surface area contributed by atoms with E-state index in [1.54, 1.807) is 23.2 Å². The normalized spacial score (nSPS) is 16.8. The second-order valence-electron chi connectivity index (χ2n) is 10.8. The highest BCUT2D eigenvalue weighted by molar-refractivity contribution is 5.99. The zero-order valence-electron chi connectivity index (χ0n) is 24.5. The average Bonchev–Trinajstić information content (AvgIpc) is 3.50. The molecular weight excluding hydrogens is 550 g/mol. The van der Waals surface area contributed by atoms with E-state index < -0.39 is 5.91 Å². The lowest BCUT2D eigenvalue weighted by Crippen LogP contribution is -2.39. The largest absolute Gasteiger partial charge is 0.495 e. The highest BCUT2D eigenvalue weighted by atomic mass is 16.5. The third-order valence-corrected chi connectivity index (χ3v) is 7.82. The molecule has 43 heavy (non-hydrogen) atoms. The van der Waals surface area contributed by atoms with Crippen LogP contribution in [0.5, 0.6) is 5.75 Å². The molecule has 1 aromatic carbocycles. The molecule has 0 unspecified atom stereocenters. The predicted octanol–water partition coefficient (Wildman–Crippen LogP) is 3.55. The topological polar surface area (TPSA) is 161 Å². The first-order valence-electron chi connectivity index (χ1n) is 14.4. The Morgan fingerprint density at radius 3 is 2.56 bits per heavy atom. The van der Waals surface area contributed by atoms with Gasteiger partial charge in [-0.15, -0.1) is 0 Å². The van der Waals surface area contributed by atoms with Crippen LogP contribution in [0, 0.1) is 6.92 Å². The van der Waals surface area contributed by atoms with Crippen molar-refractivity contribution in [3.63, 3.8) is 0 Å². The fourth-order valence-electron chi connectivity index (χ4n) is 5.55. The lowest BCUT2D eigenvalue weighted by molar-refractivity contribution is -0.127. The minimum Gasteiger partial charge on any atom is -0.495 e. The molecular formula is C30H37N9O4. The second kappa shape index (κ2) is 12.9. The van der Waals surface area contributed by atoms with E-state index in [1.165, 1.54) is 19.4 Å². The number of nitrogens with two attached hydrogens (primary N) is 1. The monoisotopic (exact) mass is 587 g/mol. The molecule has 13 heteroatoms. The zero-order valence-corrected chi connectivity index (χ0v) is 24.5. The summed E-state index contributed by atoms with van der Waals surface area (Å²) in [6, 6.07) is 3.53. The van der Waals surface area contributed by atoms with Crippen molar-refractivity contribution in [2.75, 3.05) is 43.9 Å². The number of ether oxygens (including phenoxy) is 1. The number of nitrogens with zero attached hydrogens (tertiary/aromatic N) is 6. The van der Waals surface area contributed by atoms with Gasteiger partial charge in [-0.3, -0.25) is 19.1 Å². The summed E-state index contributed by atoms with van der Waals surface area (Å²) in [7, 11) is 1.52. The molecule has 4 N–H and O–H groups in total. The quantitative estimate of drug-likeness (QED) is 0.318. The summed E-state index contributed by atoms with van der Waals surface area (Å²) in [6.07, 6.45) is 11.1. The summed E-state index contributed by atoms with van der Waals surface area (Å²) in [6.45, 7) is 8.17. The Balaban J connectivity index is 1.36. The molecule has 0 aliphatic carbocycles. The van der Waals surface area contributed by atoms with Gasteiger partial charge in [-0.25, -0.2) is 4.98 Å². The van der Waals surface area contributed by atoms with E-state index in [2.05, 4.69) is 32.3 Å². The van der Waals surface area contributed by atoms with Gasteiger partial charge in [0.25, 0.3) is 11.8 Å². The van der Waals surface area contributed by atoms with E-state index >= 15 is 0 Å². The van der Waals surface area contributed by atoms with Crippen LogP contribution in [0.2, 0.25) is 0 Å². The number of likely N-dealkylation sites (tertiary alicyclic amines) is 2. The van der Waals surface area contributed by atoms with Gasteiger partial charge >= 0.3 is 0 Å². The highest BCUT2D eigenvalue weighted by Gasteiger charge is 2.25. The Kier molecular flexibility index (Phi) is 8.88. The number of aryl methyl sites for hydroxylation is 1. The van der Waals surface area contributed by atoms with E-state index in [1.807, 2.05) is 22.7 Å². The number of aromatic nitrogens is 4. The van der Waals surface area contributed by atoms with Gasteiger partial charge in [0.2, 0.25) is 11.9 Å². The Morgan fingerprint density at radius 1 is 1.07 bits per heavy atom. The third kappa shape index (κ3) is 6.60. The number of carbonyl (C=O) groups is 3. The molecule has 2 saturated heterocycles. The Morgan fingerprint density at radius 2 is 1.84 bits per heavy atom. The van der Waals surface area contributed by atoms with E-state index in [-0.39, 0.29) is 35.2 Å². The smallest absolute Gasteiger partial charge is 0.254 e. The molecule has 0 radical (unpaired) electrons. The molecule has 5 rings (SSSR count). The van der Waals surface area contributed by atoms with Gasteiger partial charge in [0.15, 0.2) is 0 Å². The molecule has 2 aliphatic rings. The Bertz CT molecular complexity index is 1530. The zero-order chi connectivity index (χ0) is 30.5. The molecule has 0 spiro atoms. The van der Waals surface area contributed by atoms with Gasteiger partial charge in [0.1, 0.15) is 17.1 Å². The number of hydrogen-bond acceptors (Lipinski definition) is 9. The maximum absolute atomic E-state index is 13.1. The maximum Gasteiger partial charge on any atom is 0.254 e. The molecule has 13 nitrogen and oxygen atoms in total. The SMILES string of the molecule is C=CC(=O)N1CCC[C@H](n2cc(Nc3ncc(C(N)=O)c(Nc4c(C)cc(C(=O)N5CCCCC5)cc4OC)n3)cn2)C1. The van der Waals surface area contributed by atoms with Crippen LogP contribution in [0.15, 0.2) is 43.4 Å². The van der Waals surface area contributed by atoms with Crippen LogP contribution in [0.4, 0.5) is 23.1 Å². The molecule has 226 valence electrons. The van der Waals surface area contributed by atoms with Gasteiger partial charge in [0, 0.05) is 44.1 Å². The maximum atomic E-state index is 13.1. The van der Waals surface area contributed by atoms with Crippen LogP contribution in [0.25, 0.3) is 0 Å². The summed E-state index contributed by atoms with van der Waals surface area (Å²) < 4.78 is 7.47. The second-order valence-corrected chi connectivity index (χ2v) is 10.8. The fourth-order valence-corrected chi connectivity index (χ4v) is 5.55.